The molecule has 2 aromatic heterocycles. The van der Waals surface area contributed by atoms with Crippen LogP contribution in [0.1, 0.15) is 26.5 Å². The molecule has 3 aromatic rings. The van der Waals surface area contributed by atoms with Crippen LogP contribution in [-0.2, 0) is 5.41 Å². The number of urea groups is 1. The van der Waals surface area contributed by atoms with Crippen LogP contribution in [0.5, 0.6) is 5.75 Å². The fraction of sp³-hybridized carbons (Fsp3) is 0.353. The molecule has 8 nitrogen and oxygen atoms in total. The molecule has 0 aliphatic rings. The maximum atomic E-state index is 11.5. The largest absolute Gasteiger partial charge is 0.496 e. The molecule has 1 aromatic carbocycles. The molecule has 0 atom stereocenters. The minimum atomic E-state index is -0.310. The number of aromatic nitrogens is 4. The van der Waals surface area contributed by atoms with E-state index in [4.69, 9.17) is 16.3 Å². The van der Waals surface area contributed by atoms with Gasteiger partial charge in [-0.05, 0) is 12.1 Å². The van der Waals surface area contributed by atoms with Crippen molar-refractivity contribution in [2.45, 2.75) is 26.2 Å². The number of halogens is 1. The summed E-state index contributed by atoms with van der Waals surface area (Å²) in [4.78, 5) is 16.0. The van der Waals surface area contributed by atoms with Crippen molar-refractivity contribution in [2.75, 3.05) is 19.5 Å². The monoisotopic (exact) mass is 376 g/mol. The average Bonchev–Trinajstić information content (AvgIpc) is 3.14. The van der Waals surface area contributed by atoms with E-state index in [9.17, 15) is 4.79 Å². The zero-order valence-corrected chi connectivity index (χ0v) is 16.0. The van der Waals surface area contributed by atoms with Crippen LogP contribution in [0.2, 0.25) is 5.02 Å². The van der Waals surface area contributed by atoms with Gasteiger partial charge in [-0.25, -0.2) is 9.78 Å². The van der Waals surface area contributed by atoms with Crippen LogP contribution in [0.15, 0.2) is 18.2 Å². The smallest absolute Gasteiger partial charge is 0.318 e. The summed E-state index contributed by atoms with van der Waals surface area (Å²) < 4.78 is 7.00. The normalized spacial score (nSPS) is 11.6. The highest BCUT2D eigenvalue weighted by Gasteiger charge is 2.25. The van der Waals surface area contributed by atoms with E-state index in [1.165, 1.54) is 0 Å². The Kier molecular flexibility index (Phi) is 4.53. The van der Waals surface area contributed by atoms with Crippen LogP contribution in [-0.4, -0.2) is 40.0 Å². The number of methoxy groups -OCH3 is 1. The van der Waals surface area contributed by atoms with Crippen molar-refractivity contribution < 1.29 is 9.53 Å². The van der Waals surface area contributed by atoms with Gasteiger partial charge in [0.05, 0.1) is 18.4 Å². The summed E-state index contributed by atoms with van der Waals surface area (Å²) in [6.07, 6.45) is 0. The van der Waals surface area contributed by atoms with E-state index in [-0.39, 0.29) is 11.4 Å². The Balaban J connectivity index is 2.02. The van der Waals surface area contributed by atoms with E-state index in [2.05, 4.69) is 46.6 Å². The molecule has 0 bridgehead atoms. The third-order valence-electron chi connectivity index (χ3n) is 3.92. The van der Waals surface area contributed by atoms with E-state index in [0.717, 1.165) is 5.69 Å². The lowest BCUT2D eigenvalue weighted by atomic mass is 9.92. The summed E-state index contributed by atoms with van der Waals surface area (Å²) in [7, 11) is 3.10. The first kappa shape index (κ1) is 18.1. The van der Waals surface area contributed by atoms with E-state index in [0.29, 0.717) is 33.5 Å². The van der Waals surface area contributed by atoms with Crippen molar-refractivity contribution in [2.24, 2.45) is 0 Å². The Hall–Kier alpha value is -2.74. The summed E-state index contributed by atoms with van der Waals surface area (Å²) in [5.74, 6) is 1.02. The first-order chi connectivity index (χ1) is 12.2. The van der Waals surface area contributed by atoms with Crippen LogP contribution in [0.25, 0.3) is 17.0 Å². The molecule has 0 fully saturated rings. The molecule has 0 unspecified atom stereocenters. The highest BCUT2D eigenvalue weighted by Crippen LogP contribution is 2.34. The van der Waals surface area contributed by atoms with Gasteiger partial charge in [0.25, 0.3) is 0 Å². The van der Waals surface area contributed by atoms with Gasteiger partial charge in [0.15, 0.2) is 11.5 Å². The second-order valence-electron chi connectivity index (χ2n) is 6.84. The number of hydrogen-bond acceptors (Lipinski definition) is 4. The van der Waals surface area contributed by atoms with Gasteiger partial charge >= 0.3 is 6.03 Å². The highest BCUT2D eigenvalue weighted by molar-refractivity contribution is 6.34. The summed E-state index contributed by atoms with van der Waals surface area (Å²) in [5, 5.41) is 13.4. The summed E-state index contributed by atoms with van der Waals surface area (Å²) in [6, 6.07) is 4.94. The third-order valence-corrected chi connectivity index (χ3v) is 4.28. The van der Waals surface area contributed by atoms with Crippen LogP contribution < -0.4 is 15.4 Å². The van der Waals surface area contributed by atoms with Gasteiger partial charge in [-0.2, -0.15) is 4.63 Å². The van der Waals surface area contributed by atoms with Gasteiger partial charge in [0.2, 0.25) is 0 Å². The Bertz CT molecular complexity index is 970. The second-order valence-corrected chi connectivity index (χ2v) is 7.22. The predicted octanol–water partition coefficient (Wildman–Crippen LogP) is 3.44. The number of anilines is 1. The van der Waals surface area contributed by atoms with Crippen LogP contribution in [0, 0.1) is 0 Å². The average molecular weight is 377 g/mol. The zero-order chi connectivity index (χ0) is 19.1. The number of nitrogens with zero attached hydrogens (tertiary/aromatic N) is 3. The molecule has 0 radical (unpaired) electrons. The van der Waals surface area contributed by atoms with Crippen LogP contribution in [0.4, 0.5) is 10.5 Å². The van der Waals surface area contributed by atoms with Crippen molar-refractivity contribution in [3.8, 4) is 17.1 Å². The van der Waals surface area contributed by atoms with Gasteiger partial charge in [0.1, 0.15) is 10.8 Å². The van der Waals surface area contributed by atoms with E-state index in [1.807, 2.05) is 0 Å². The number of carbonyl (C=O) groups excluding carboxylic acids is 1. The predicted molar refractivity (Wildman–Crippen MR) is 101 cm³/mol. The molecule has 0 spiro atoms. The first-order valence-corrected chi connectivity index (χ1v) is 8.44. The number of benzene rings is 1. The van der Waals surface area contributed by atoms with E-state index < -0.39 is 0 Å². The molecule has 138 valence electrons. The molecule has 2 heterocycles. The van der Waals surface area contributed by atoms with Gasteiger partial charge in [-0.1, -0.05) is 32.4 Å². The van der Waals surface area contributed by atoms with Gasteiger partial charge in [0, 0.05) is 24.2 Å². The standard InChI is InChI=1S/C17H21ClN6O2/c1-17(2,3)13-12(18)15-21-14(23-24(15)22-13)10-7-6-9(8-11(10)26-5)20-16(25)19-4/h6-8,22H,1-5H3,(H2,19,20,25). The number of H-pyrrole nitrogens is 1. The third kappa shape index (κ3) is 3.20. The van der Waals surface area contributed by atoms with Crippen molar-refractivity contribution in [1.29, 1.82) is 0 Å². The molecule has 0 saturated carbocycles. The molecule has 26 heavy (non-hydrogen) atoms. The lowest BCUT2D eigenvalue weighted by Crippen LogP contribution is -2.24. The SMILES string of the molecule is CNC(=O)Nc1ccc(-c2nc3c(Cl)c(C(C)(C)C)[nH]n3n2)c(OC)c1. The number of hydrogen-bond donors (Lipinski definition) is 3. The first-order valence-electron chi connectivity index (χ1n) is 8.06. The van der Waals surface area contributed by atoms with Gasteiger partial charge < -0.3 is 15.4 Å². The minimum absolute atomic E-state index is 0.148. The molecular formula is C17H21ClN6O2. The molecule has 0 aliphatic heterocycles. The maximum Gasteiger partial charge on any atom is 0.318 e. The second kappa shape index (κ2) is 6.53. The van der Waals surface area contributed by atoms with Crippen LogP contribution >= 0.6 is 11.6 Å². The van der Waals surface area contributed by atoms with Gasteiger partial charge in [-0.3, -0.25) is 5.10 Å². The fourth-order valence-electron chi connectivity index (χ4n) is 2.56. The molecule has 2 amide bonds. The number of carbonyl (C=O) groups is 1. The number of rotatable bonds is 3. The van der Waals surface area contributed by atoms with Crippen molar-refractivity contribution in [3.63, 3.8) is 0 Å². The fourth-order valence-corrected chi connectivity index (χ4v) is 3.01. The molecule has 3 rings (SSSR count). The van der Waals surface area contributed by atoms with Crippen molar-refractivity contribution >= 4 is 29.0 Å². The topological polar surface area (TPSA) is 96.3 Å². The number of amides is 2. The number of aromatic amines is 1. The lowest BCUT2D eigenvalue weighted by Gasteiger charge is -2.16. The number of fused-ring (bicyclic) bond motifs is 1. The molecule has 0 aliphatic carbocycles. The Labute approximate surface area is 155 Å². The highest BCUT2D eigenvalue weighted by atomic mass is 35.5. The Morgan fingerprint density at radius 1 is 1.35 bits per heavy atom. The minimum Gasteiger partial charge on any atom is -0.496 e. The van der Waals surface area contributed by atoms with E-state index >= 15 is 0 Å². The molecule has 9 heteroatoms. The lowest BCUT2D eigenvalue weighted by molar-refractivity contribution is 0.254. The number of nitrogens with one attached hydrogen (secondary N) is 3. The Morgan fingerprint density at radius 2 is 2.08 bits per heavy atom. The van der Waals surface area contributed by atoms with Crippen LogP contribution in [0.3, 0.4) is 0 Å². The van der Waals surface area contributed by atoms with Gasteiger partial charge in [-0.15, -0.1) is 5.10 Å². The van der Waals surface area contributed by atoms with Crippen molar-refractivity contribution in [3.05, 3.63) is 28.9 Å². The molecular weight excluding hydrogens is 356 g/mol. The zero-order valence-electron chi connectivity index (χ0n) is 15.3. The summed E-state index contributed by atoms with van der Waals surface area (Å²) >= 11 is 6.47. The quantitative estimate of drug-likeness (QED) is 0.652. The summed E-state index contributed by atoms with van der Waals surface area (Å²) in [6.45, 7) is 6.19. The van der Waals surface area contributed by atoms with E-state index in [1.54, 1.807) is 37.0 Å². The maximum absolute atomic E-state index is 11.5. The molecule has 0 saturated heterocycles. The molecule has 3 N–H and O–H groups in total. The number of ether oxygens (including phenoxy) is 1. The van der Waals surface area contributed by atoms with Crippen molar-refractivity contribution in [1.82, 2.24) is 25.1 Å². The Morgan fingerprint density at radius 3 is 2.65 bits per heavy atom. The summed E-state index contributed by atoms with van der Waals surface area (Å²) in [5.41, 5.74) is 2.58.